The van der Waals surface area contributed by atoms with Crippen LogP contribution in [0.4, 0.5) is 0 Å². The quantitative estimate of drug-likeness (QED) is 0.494. The molecule has 0 aromatic rings. The number of allylic oxidation sites excluding steroid dienone is 2. The molecule has 0 saturated carbocycles. The third-order valence-corrected chi connectivity index (χ3v) is 1.51. The largest absolute Gasteiger partial charge is 0.249 e. The maximum Gasteiger partial charge on any atom is 0.115 e. The molecule has 0 fully saturated rings. The van der Waals surface area contributed by atoms with Gasteiger partial charge >= 0.3 is 0 Å². The first-order valence-electron chi connectivity index (χ1n) is 2.70. The van der Waals surface area contributed by atoms with Gasteiger partial charge in [-0.3, -0.25) is 0 Å². The zero-order valence-electron chi connectivity index (χ0n) is 5.13. The Balaban J connectivity index is 2.85. The predicted octanol–water partition coefficient (Wildman–Crippen LogP) is 1.96. The summed E-state index contributed by atoms with van der Waals surface area (Å²) in [5, 5.41) is 0.771. The Bertz CT molecular complexity index is 191. The standard InChI is InChI=1S/C6H7ClN2/c1-5-6(7)2-3-8-4-9-5/h3-4H,2H2,1H3. The van der Waals surface area contributed by atoms with Gasteiger partial charge in [-0.05, 0) is 6.92 Å². The third-order valence-electron chi connectivity index (χ3n) is 1.09. The Hall–Kier alpha value is -0.630. The molecular weight excluding hydrogens is 136 g/mol. The molecule has 0 bridgehead atoms. The Morgan fingerprint density at radius 1 is 1.67 bits per heavy atom. The normalized spacial score (nSPS) is 18.4. The molecule has 2 nitrogen and oxygen atoms in total. The van der Waals surface area contributed by atoms with E-state index in [0.717, 1.165) is 10.7 Å². The average molecular weight is 143 g/mol. The van der Waals surface area contributed by atoms with Gasteiger partial charge in [0.15, 0.2) is 0 Å². The van der Waals surface area contributed by atoms with Gasteiger partial charge in [-0.25, -0.2) is 9.98 Å². The molecular formula is C6H7ClN2. The van der Waals surface area contributed by atoms with Gasteiger partial charge in [-0.15, -0.1) is 0 Å². The van der Waals surface area contributed by atoms with Crippen LogP contribution in [0.1, 0.15) is 13.3 Å². The number of hydrogen-bond donors (Lipinski definition) is 0. The van der Waals surface area contributed by atoms with Crippen molar-refractivity contribution in [2.45, 2.75) is 13.3 Å². The van der Waals surface area contributed by atoms with Gasteiger partial charge in [-0.2, -0.15) is 0 Å². The van der Waals surface area contributed by atoms with E-state index in [2.05, 4.69) is 9.98 Å². The van der Waals surface area contributed by atoms with Crippen LogP contribution < -0.4 is 0 Å². The van der Waals surface area contributed by atoms with Gasteiger partial charge < -0.3 is 0 Å². The van der Waals surface area contributed by atoms with Crippen LogP contribution in [-0.2, 0) is 0 Å². The smallest absolute Gasteiger partial charge is 0.115 e. The van der Waals surface area contributed by atoms with Crippen LogP contribution in [0.25, 0.3) is 0 Å². The highest BCUT2D eigenvalue weighted by atomic mass is 35.5. The lowest BCUT2D eigenvalue weighted by Crippen LogP contribution is -1.75. The third kappa shape index (κ3) is 1.64. The Kier molecular flexibility index (Phi) is 2.01. The monoisotopic (exact) mass is 142 g/mol. The molecule has 9 heavy (non-hydrogen) atoms. The van der Waals surface area contributed by atoms with Crippen LogP contribution in [0.3, 0.4) is 0 Å². The molecule has 1 aliphatic rings. The van der Waals surface area contributed by atoms with Crippen molar-refractivity contribution in [1.29, 1.82) is 0 Å². The van der Waals surface area contributed by atoms with E-state index in [0.29, 0.717) is 6.42 Å². The van der Waals surface area contributed by atoms with Crippen LogP contribution in [0.2, 0.25) is 0 Å². The number of nitrogens with zero attached hydrogens (tertiary/aromatic N) is 2. The number of halogens is 1. The SMILES string of the molecule is CC1=C(Cl)CC=NC=N1. The van der Waals surface area contributed by atoms with Gasteiger partial charge in [0.2, 0.25) is 0 Å². The first-order chi connectivity index (χ1) is 4.30. The molecule has 0 amide bonds. The van der Waals surface area contributed by atoms with Crippen molar-refractivity contribution in [2.24, 2.45) is 9.98 Å². The lowest BCUT2D eigenvalue weighted by molar-refractivity contribution is 1.26. The van der Waals surface area contributed by atoms with E-state index in [1.54, 1.807) is 6.21 Å². The van der Waals surface area contributed by atoms with Crippen molar-refractivity contribution in [3.63, 3.8) is 0 Å². The van der Waals surface area contributed by atoms with Crippen LogP contribution in [0.5, 0.6) is 0 Å². The Morgan fingerprint density at radius 2 is 2.44 bits per heavy atom. The molecule has 0 spiro atoms. The fourth-order valence-electron chi connectivity index (χ4n) is 0.518. The molecule has 0 aliphatic carbocycles. The molecule has 48 valence electrons. The van der Waals surface area contributed by atoms with Gasteiger partial charge in [0.25, 0.3) is 0 Å². The Labute approximate surface area is 59.0 Å². The number of rotatable bonds is 0. The van der Waals surface area contributed by atoms with Gasteiger partial charge in [0.1, 0.15) is 6.34 Å². The highest BCUT2D eigenvalue weighted by molar-refractivity contribution is 6.31. The summed E-state index contributed by atoms with van der Waals surface area (Å²) in [4.78, 5) is 7.76. The second kappa shape index (κ2) is 2.78. The number of hydrogen-bond acceptors (Lipinski definition) is 2. The fraction of sp³-hybridized carbons (Fsp3) is 0.333. The number of aliphatic imine (C=N–C) groups is 2. The molecule has 0 aromatic heterocycles. The second-order valence-corrected chi connectivity index (χ2v) is 2.23. The summed E-state index contributed by atoms with van der Waals surface area (Å²) >= 11 is 5.75. The minimum atomic E-state index is 0.702. The first kappa shape index (κ1) is 6.49. The van der Waals surface area contributed by atoms with Crippen LogP contribution in [0, 0.1) is 0 Å². The zero-order chi connectivity index (χ0) is 6.69. The Morgan fingerprint density at radius 3 is 3.22 bits per heavy atom. The summed E-state index contributed by atoms with van der Waals surface area (Å²) in [6.45, 7) is 1.87. The highest BCUT2D eigenvalue weighted by Gasteiger charge is 1.96. The van der Waals surface area contributed by atoms with E-state index in [1.165, 1.54) is 6.34 Å². The predicted molar refractivity (Wildman–Crippen MR) is 40.2 cm³/mol. The maximum atomic E-state index is 5.75. The van der Waals surface area contributed by atoms with Gasteiger partial charge in [0.05, 0.1) is 5.70 Å². The van der Waals surface area contributed by atoms with Gasteiger partial charge in [0, 0.05) is 17.7 Å². The second-order valence-electron chi connectivity index (χ2n) is 1.77. The molecule has 1 heterocycles. The summed E-state index contributed by atoms with van der Waals surface area (Å²) < 4.78 is 0. The van der Waals surface area contributed by atoms with Crippen LogP contribution in [-0.4, -0.2) is 12.6 Å². The molecule has 0 radical (unpaired) electrons. The molecule has 0 atom stereocenters. The maximum absolute atomic E-state index is 5.75. The van der Waals surface area contributed by atoms with Crippen LogP contribution >= 0.6 is 11.6 Å². The van der Waals surface area contributed by atoms with E-state index in [9.17, 15) is 0 Å². The summed E-state index contributed by atoms with van der Waals surface area (Å²) in [7, 11) is 0. The topological polar surface area (TPSA) is 24.7 Å². The summed E-state index contributed by atoms with van der Waals surface area (Å²) in [6.07, 6.45) is 3.94. The molecule has 3 heteroatoms. The van der Waals surface area contributed by atoms with Crippen molar-refractivity contribution >= 4 is 24.2 Å². The van der Waals surface area contributed by atoms with Gasteiger partial charge in [-0.1, -0.05) is 11.6 Å². The lowest BCUT2D eigenvalue weighted by atomic mass is 10.3. The lowest BCUT2D eigenvalue weighted by Gasteiger charge is -1.91. The van der Waals surface area contributed by atoms with Crippen molar-refractivity contribution in [3.8, 4) is 0 Å². The summed E-state index contributed by atoms with van der Waals surface area (Å²) in [5.41, 5.74) is 0.856. The minimum Gasteiger partial charge on any atom is -0.249 e. The fourth-order valence-corrected chi connectivity index (χ4v) is 0.635. The molecule has 1 aliphatic heterocycles. The van der Waals surface area contributed by atoms with Crippen molar-refractivity contribution in [1.82, 2.24) is 0 Å². The van der Waals surface area contributed by atoms with Crippen molar-refractivity contribution < 1.29 is 0 Å². The molecule has 0 saturated heterocycles. The average Bonchev–Trinajstić information content (AvgIpc) is 1.99. The highest BCUT2D eigenvalue weighted by Crippen LogP contribution is 2.13. The van der Waals surface area contributed by atoms with Crippen molar-refractivity contribution in [2.75, 3.05) is 0 Å². The zero-order valence-corrected chi connectivity index (χ0v) is 5.89. The van der Waals surface area contributed by atoms with E-state index in [4.69, 9.17) is 11.6 Å². The summed E-state index contributed by atoms with van der Waals surface area (Å²) in [5.74, 6) is 0. The minimum absolute atomic E-state index is 0.702. The first-order valence-corrected chi connectivity index (χ1v) is 3.08. The van der Waals surface area contributed by atoms with Crippen molar-refractivity contribution in [3.05, 3.63) is 10.7 Å². The molecule has 0 unspecified atom stereocenters. The van der Waals surface area contributed by atoms with E-state index >= 15 is 0 Å². The summed E-state index contributed by atoms with van der Waals surface area (Å²) in [6, 6.07) is 0. The molecule has 0 N–H and O–H groups in total. The van der Waals surface area contributed by atoms with E-state index in [1.807, 2.05) is 6.92 Å². The van der Waals surface area contributed by atoms with E-state index in [-0.39, 0.29) is 0 Å². The van der Waals surface area contributed by atoms with E-state index < -0.39 is 0 Å². The molecule has 1 rings (SSSR count). The van der Waals surface area contributed by atoms with Crippen LogP contribution in [0.15, 0.2) is 20.7 Å². The molecule has 0 aromatic carbocycles.